The third-order valence-corrected chi connectivity index (χ3v) is 1.78. The van der Waals surface area contributed by atoms with E-state index in [4.69, 9.17) is 0 Å². The van der Waals surface area contributed by atoms with E-state index in [9.17, 15) is 0 Å². The summed E-state index contributed by atoms with van der Waals surface area (Å²) in [5, 5.41) is 0. The van der Waals surface area contributed by atoms with Crippen molar-refractivity contribution >= 4 is 0 Å². The first-order valence-electron chi connectivity index (χ1n) is 3.68. The second kappa shape index (κ2) is 4.11. The molecule has 0 saturated carbocycles. The molecule has 11 heavy (non-hydrogen) atoms. The maximum atomic E-state index is 4.35. The van der Waals surface area contributed by atoms with Gasteiger partial charge in [-0.05, 0) is 24.0 Å². The molecule has 2 rings (SSSR count). The summed E-state index contributed by atoms with van der Waals surface area (Å²) in [6, 6.07) is 8.63. The number of hydrogen-bond donors (Lipinski definition) is 1. The third-order valence-electron chi connectivity index (χ3n) is 1.78. The van der Waals surface area contributed by atoms with Crippen molar-refractivity contribution in [3.63, 3.8) is 0 Å². The Bertz CT molecular complexity index is 200. The number of aryl methyl sites for hydroxylation is 2. The van der Waals surface area contributed by atoms with Crippen LogP contribution in [0.15, 0.2) is 24.3 Å². The SMILES string of the molecule is CON.c1ccc2c(c1)CC2. The minimum atomic E-state index is 1.30. The molecule has 0 radical (unpaired) electrons. The summed E-state index contributed by atoms with van der Waals surface area (Å²) in [5.41, 5.74) is 3.10. The molecule has 0 atom stereocenters. The molecule has 0 unspecified atom stereocenters. The van der Waals surface area contributed by atoms with Crippen molar-refractivity contribution < 1.29 is 4.84 Å². The fourth-order valence-corrected chi connectivity index (χ4v) is 1.14. The van der Waals surface area contributed by atoms with Crippen molar-refractivity contribution in [2.75, 3.05) is 7.11 Å². The molecule has 1 aliphatic rings. The van der Waals surface area contributed by atoms with E-state index in [1.807, 2.05) is 0 Å². The number of rotatable bonds is 0. The topological polar surface area (TPSA) is 35.2 Å². The van der Waals surface area contributed by atoms with Gasteiger partial charge in [-0.1, -0.05) is 24.3 Å². The van der Waals surface area contributed by atoms with Gasteiger partial charge in [-0.15, -0.1) is 0 Å². The molecule has 0 heterocycles. The maximum absolute atomic E-state index is 4.35. The molecule has 0 amide bonds. The standard InChI is InChI=1S/C8H8.CH5NO/c1-2-4-8-6-5-7(8)3-1;1-3-2/h1-4H,5-6H2;2H2,1H3. The monoisotopic (exact) mass is 151 g/mol. The van der Waals surface area contributed by atoms with E-state index in [0.717, 1.165) is 0 Å². The van der Waals surface area contributed by atoms with Gasteiger partial charge in [-0.25, -0.2) is 5.90 Å². The number of fused-ring (bicyclic) bond motifs is 1. The van der Waals surface area contributed by atoms with Crippen LogP contribution in [0.3, 0.4) is 0 Å². The van der Waals surface area contributed by atoms with Gasteiger partial charge in [0.25, 0.3) is 0 Å². The van der Waals surface area contributed by atoms with Gasteiger partial charge in [0.1, 0.15) is 0 Å². The predicted molar refractivity (Wildman–Crippen MR) is 45.0 cm³/mol. The van der Waals surface area contributed by atoms with Crippen LogP contribution in [0.2, 0.25) is 0 Å². The number of nitrogens with two attached hydrogens (primary N) is 1. The van der Waals surface area contributed by atoms with Crippen LogP contribution in [0.1, 0.15) is 11.1 Å². The van der Waals surface area contributed by atoms with E-state index >= 15 is 0 Å². The normalized spacial score (nSPS) is 12.2. The summed E-state index contributed by atoms with van der Waals surface area (Å²) < 4.78 is 0. The summed E-state index contributed by atoms with van der Waals surface area (Å²) in [4.78, 5) is 3.75. The lowest BCUT2D eigenvalue weighted by molar-refractivity contribution is 0.206. The third kappa shape index (κ3) is 2.03. The summed E-state index contributed by atoms with van der Waals surface area (Å²) >= 11 is 0. The molecule has 1 aromatic carbocycles. The molecule has 0 aliphatic heterocycles. The zero-order valence-corrected chi connectivity index (χ0v) is 6.71. The predicted octanol–water partition coefficient (Wildman–Crippen LogP) is 1.29. The van der Waals surface area contributed by atoms with E-state index < -0.39 is 0 Å². The lowest BCUT2D eigenvalue weighted by atomic mass is 9.89. The lowest BCUT2D eigenvalue weighted by Gasteiger charge is -2.16. The molecule has 2 heteroatoms. The van der Waals surface area contributed by atoms with Gasteiger partial charge < -0.3 is 4.84 Å². The Morgan fingerprint density at radius 2 is 1.55 bits per heavy atom. The summed E-state index contributed by atoms with van der Waals surface area (Å²) in [6.07, 6.45) is 2.60. The molecule has 0 fully saturated rings. The fraction of sp³-hybridized carbons (Fsp3) is 0.333. The molecule has 0 spiro atoms. The fourth-order valence-electron chi connectivity index (χ4n) is 1.14. The second-order valence-corrected chi connectivity index (χ2v) is 2.50. The molecule has 2 nitrogen and oxygen atoms in total. The molecule has 60 valence electrons. The summed E-state index contributed by atoms with van der Waals surface area (Å²) in [5.74, 6) is 4.35. The van der Waals surface area contributed by atoms with E-state index in [-0.39, 0.29) is 0 Å². The first kappa shape index (κ1) is 8.24. The van der Waals surface area contributed by atoms with Gasteiger partial charge in [0, 0.05) is 0 Å². The van der Waals surface area contributed by atoms with E-state index in [1.54, 1.807) is 11.1 Å². The van der Waals surface area contributed by atoms with E-state index in [0.29, 0.717) is 0 Å². The first-order valence-corrected chi connectivity index (χ1v) is 3.68. The molecule has 1 aromatic rings. The van der Waals surface area contributed by atoms with Crippen LogP contribution in [0, 0.1) is 0 Å². The highest BCUT2D eigenvalue weighted by atomic mass is 16.6. The van der Waals surface area contributed by atoms with Gasteiger partial charge in [-0.2, -0.15) is 0 Å². The minimum absolute atomic E-state index is 1.30. The highest BCUT2D eigenvalue weighted by Crippen LogP contribution is 2.20. The zero-order valence-electron chi connectivity index (χ0n) is 6.71. The molecule has 2 N–H and O–H groups in total. The molecule has 1 aliphatic carbocycles. The quantitative estimate of drug-likeness (QED) is 0.567. The van der Waals surface area contributed by atoms with Crippen molar-refractivity contribution in [3.8, 4) is 0 Å². The van der Waals surface area contributed by atoms with E-state index in [2.05, 4.69) is 35.0 Å². The van der Waals surface area contributed by atoms with Crippen molar-refractivity contribution in [2.24, 2.45) is 5.90 Å². The Morgan fingerprint density at radius 1 is 1.18 bits per heavy atom. The van der Waals surface area contributed by atoms with Gasteiger partial charge in [0.05, 0.1) is 7.11 Å². The Balaban J connectivity index is 0.000000179. The van der Waals surface area contributed by atoms with Gasteiger partial charge in [0.15, 0.2) is 0 Å². The van der Waals surface area contributed by atoms with Crippen LogP contribution in [-0.2, 0) is 17.7 Å². The minimum Gasteiger partial charge on any atom is -0.308 e. The highest BCUT2D eigenvalue weighted by molar-refractivity contribution is 5.34. The average molecular weight is 151 g/mol. The van der Waals surface area contributed by atoms with Crippen LogP contribution in [0.25, 0.3) is 0 Å². The highest BCUT2D eigenvalue weighted by Gasteiger charge is 2.09. The van der Waals surface area contributed by atoms with Gasteiger partial charge >= 0.3 is 0 Å². The Hall–Kier alpha value is -0.860. The zero-order chi connectivity index (χ0) is 8.10. The largest absolute Gasteiger partial charge is 0.308 e. The average Bonchev–Trinajstić information content (AvgIpc) is 1.94. The number of benzene rings is 1. The lowest BCUT2D eigenvalue weighted by Crippen LogP contribution is -2.06. The molecule has 0 bridgehead atoms. The molecule has 0 saturated heterocycles. The Kier molecular flexibility index (Phi) is 3.08. The summed E-state index contributed by atoms with van der Waals surface area (Å²) in [6.45, 7) is 0. The Labute approximate surface area is 66.9 Å². The second-order valence-electron chi connectivity index (χ2n) is 2.50. The van der Waals surface area contributed by atoms with Crippen LogP contribution in [-0.4, -0.2) is 7.11 Å². The van der Waals surface area contributed by atoms with Crippen molar-refractivity contribution in [1.82, 2.24) is 0 Å². The van der Waals surface area contributed by atoms with Crippen LogP contribution < -0.4 is 5.90 Å². The van der Waals surface area contributed by atoms with Crippen molar-refractivity contribution in [2.45, 2.75) is 12.8 Å². The van der Waals surface area contributed by atoms with Crippen LogP contribution in [0.4, 0.5) is 0 Å². The summed E-state index contributed by atoms with van der Waals surface area (Å²) in [7, 11) is 1.40. The van der Waals surface area contributed by atoms with E-state index in [1.165, 1.54) is 20.0 Å². The van der Waals surface area contributed by atoms with Gasteiger partial charge in [-0.3, -0.25) is 0 Å². The Morgan fingerprint density at radius 3 is 1.73 bits per heavy atom. The van der Waals surface area contributed by atoms with Crippen LogP contribution in [0.5, 0.6) is 0 Å². The molecular formula is C9H13NO. The molecule has 0 aromatic heterocycles. The molecular weight excluding hydrogens is 138 g/mol. The van der Waals surface area contributed by atoms with Crippen molar-refractivity contribution in [1.29, 1.82) is 0 Å². The maximum Gasteiger partial charge on any atom is 0.0569 e. The van der Waals surface area contributed by atoms with Crippen molar-refractivity contribution in [3.05, 3.63) is 35.4 Å². The van der Waals surface area contributed by atoms with Gasteiger partial charge in [0.2, 0.25) is 0 Å². The smallest absolute Gasteiger partial charge is 0.0569 e. The van der Waals surface area contributed by atoms with Crippen LogP contribution >= 0.6 is 0 Å². The first-order chi connectivity index (χ1) is 5.38. The number of hydrogen-bond acceptors (Lipinski definition) is 2.